The minimum atomic E-state index is 0.476. The molecule has 0 heterocycles. The molecule has 0 radical (unpaired) electrons. The van der Waals surface area contributed by atoms with Gasteiger partial charge < -0.3 is 0 Å². The van der Waals surface area contributed by atoms with Crippen LogP contribution in [0.5, 0.6) is 0 Å². The first-order chi connectivity index (χ1) is 11.1. The van der Waals surface area contributed by atoms with Gasteiger partial charge in [-0.25, -0.2) is 0 Å². The van der Waals surface area contributed by atoms with Gasteiger partial charge in [-0.15, -0.1) is 0 Å². The highest BCUT2D eigenvalue weighted by Crippen LogP contribution is 2.60. The van der Waals surface area contributed by atoms with Gasteiger partial charge in [-0.2, -0.15) is 0 Å². The fourth-order valence-electron chi connectivity index (χ4n) is 6.39. The monoisotopic (exact) mass is 416 g/mol. The molecule has 0 amide bonds. The van der Waals surface area contributed by atoms with E-state index >= 15 is 0 Å². The van der Waals surface area contributed by atoms with E-state index in [9.17, 15) is 0 Å². The Balaban J connectivity index is 1.71. The molecule has 4 aliphatic carbocycles. The summed E-state index contributed by atoms with van der Waals surface area (Å²) in [6.07, 6.45) is 8.86. The maximum atomic E-state index is 2.78. The second-order valence-electron chi connectivity index (χ2n) is 8.58. The average molecular weight is 416 g/mol. The predicted octanol–water partition coefficient (Wildman–Crippen LogP) is 6.42. The molecule has 6 rings (SSSR count). The fraction of sp³-hybridized carbons (Fsp3) is 0.545. The molecule has 0 N–H and O–H groups in total. The normalized spacial score (nSPS) is 38.9. The minimum Gasteiger partial charge on any atom is -0.0823 e. The van der Waals surface area contributed by atoms with E-state index < -0.39 is 0 Å². The van der Waals surface area contributed by atoms with Crippen LogP contribution >= 0.6 is 22.6 Å². The zero-order valence-corrected chi connectivity index (χ0v) is 16.1. The Kier molecular flexibility index (Phi) is 3.34. The van der Waals surface area contributed by atoms with Crippen molar-refractivity contribution in [1.29, 1.82) is 0 Å². The SMILES string of the molecule is Cc1ccc(C23CC4CC(CC(C2)C(I)C4)C3)c2ccccc12. The number of aryl methyl sites for hydroxylation is 1. The highest BCUT2D eigenvalue weighted by molar-refractivity contribution is 14.1. The Morgan fingerprint density at radius 3 is 2.43 bits per heavy atom. The van der Waals surface area contributed by atoms with Gasteiger partial charge in [0.05, 0.1) is 0 Å². The summed E-state index contributed by atoms with van der Waals surface area (Å²) in [5, 5.41) is 3.02. The smallest absolute Gasteiger partial charge is 0.0141 e. The fourth-order valence-corrected chi connectivity index (χ4v) is 7.66. The Morgan fingerprint density at radius 2 is 1.61 bits per heavy atom. The van der Waals surface area contributed by atoms with E-state index in [-0.39, 0.29) is 0 Å². The quantitative estimate of drug-likeness (QED) is 0.372. The van der Waals surface area contributed by atoms with E-state index in [4.69, 9.17) is 0 Å². The van der Waals surface area contributed by atoms with E-state index in [1.807, 2.05) is 0 Å². The third-order valence-corrected chi connectivity index (χ3v) is 8.62. The molecule has 23 heavy (non-hydrogen) atoms. The van der Waals surface area contributed by atoms with Crippen molar-refractivity contribution in [1.82, 2.24) is 0 Å². The Morgan fingerprint density at radius 1 is 0.870 bits per heavy atom. The molecule has 5 unspecified atom stereocenters. The van der Waals surface area contributed by atoms with E-state index in [2.05, 4.69) is 65.9 Å². The summed E-state index contributed by atoms with van der Waals surface area (Å²) in [4.78, 5) is 0. The number of benzene rings is 2. The standard InChI is InChI=1S/C22H25I/c1-14-6-7-20(19-5-3-2-4-18(14)19)22-11-15-8-16(12-22)10-21(23)17(9-15)13-22/h2-7,15-17,21H,8-13H2,1H3. The summed E-state index contributed by atoms with van der Waals surface area (Å²) in [7, 11) is 0. The number of hydrogen-bond donors (Lipinski definition) is 0. The average Bonchev–Trinajstić information content (AvgIpc) is 2.70. The van der Waals surface area contributed by atoms with Crippen LogP contribution in [0.1, 0.15) is 49.7 Å². The van der Waals surface area contributed by atoms with Gasteiger partial charge in [0.1, 0.15) is 0 Å². The van der Waals surface area contributed by atoms with Crippen LogP contribution in [0.15, 0.2) is 36.4 Å². The van der Waals surface area contributed by atoms with E-state index in [0.29, 0.717) is 5.41 Å². The Bertz CT molecular complexity index is 764. The number of rotatable bonds is 1. The molecule has 4 aliphatic rings. The molecular weight excluding hydrogens is 391 g/mol. The van der Waals surface area contributed by atoms with Crippen LogP contribution in [-0.2, 0) is 5.41 Å². The summed E-state index contributed by atoms with van der Waals surface area (Å²) >= 11 is 2.78. The molecule has 0 aromatic heterocycles. The topological polar surface area (TPSA) is 0 Å². The third-order valence-electron chi connectivity index (χ3n) is 7.10. The Hall–Kier alpha value is -0.570. The molecule has 0 nitrogen and oxygen atoms in total. The summed E-state index contributed by atoms with van der Waals surface area (Å²) in [5.41, 5.74) is 3.59. The summed E-state index contributed by atoms with van der Waals surface area (Å²) < 4.78 is 0.918. The van der Waals surface area contributed by atoms with Crippen LogP contribution in [-0.4, -0.2) is 3.92 Å². The molecule has 4 saturated carbocycles. The molecule has 2 aromatic carbocycles. The van der Waals surface area contributed by atoms with Crippen molar-refractivity contribution in [2.75, 3.05) is 0 Å². The van der Waals surface area contributed by atoms with Crippen molar-refractivity contribution in [3.05, 3.63) is 47.5 Å². The van der Waals surface area contributed by atoms with Crippen LogP contribution in [0.4, 0.5) is 0 Å². The highest BCUT2D eigenvalue weighted by atomic mass is 127. The largest absolute Gasteiger partial charge is 0.0823 e. The Labute approximate surface area is 153 Å². The van der Waals surface area contributed by atoms with Crippen molar-refractivity contribution in [2.45, 2.75) is 54.8 Å². The molecule has 1 heteroatoms. The maximum Gasteiger partial charge on any atom is 0.0141 e. The third kappa shape index (κ3) is 2.22. The van der Waals surface area contributed by atoms with Crippen LogP contribution in [0.2, 0.25) is 0 Å². The van der Waals surface area contributed by atoms with Crippen molar-refractivity contribution in [3.8, 4) is 0 Å². The zero-order valence-electron chi connectivity index (χ0n) is 13.9. The van der Waals surface area contributed by atoms with Crippen LogP contribution < -0.4 is 0 Å². The van der Waals surface area contributed by atoms with Crippen LogP contribution in [0.25, 0.3) is 10.8 Å². The summed E-state index contributed by atoms with van der Waals surface area (Å²) in [5.74, 6) is 2.93. The van der Waals surface area contributed by atoms with E-state index in [1.165, 1.54) is 49.5 Å². The molecule has 0 aliphatic heterocycles. The van der Waals surface area contributed by atoms with Gasteiger partial charge in [-0.1, -0.05) is 59.0 Å². The summed E-state index contributed by atoms with van der Waals surface area (Å²) in [6.45, 7) is 2.26. The van der Waals surface area contributed by atoms with Gasteiger partial charge in [-0.3, -0.25) is 0 Å². The number of fused-ring (bicyclic) bond motifs is 2. The lowest BCUT2D eigenvalue weighted by molar-refractivity contribution is 0.100. The molecule has 2 aromatic rings. The van der Waals surface area contributed by atoms with Gasteiger partial charge in [0.15, 0.2) is 0 Å². The van der Waals surface area contributed by atoms with Crippen LogP contribution in [0, 0.1) is 24.7 Å². The number of halogens is 1. The van der Waals surface area contributed by atoms with Gasteiger partial charge in [-0.05, 0) is 90.5 Å². The maximum absolute atomic E-state index is 2.78. The first kappa shape index (κ1) is 14.7. The molecule has 4 fully saturated rings. The molecule has 5 atom stereocenters. The van der Waals surface area contributed by atoms with Gasteiger partial charge in [0.2, 0.25) is 0 Å². The highest BCUT2D eigenvalue weighted by Gasteiger charge is 2.51. The molecule has 0 spiro atoms. The van der Waals surface area contributed by atoms with Gasteiger partial charge in [0, 0.05) is 3.92 Å². The minimum absolute atomic E-state index is 0.476. The number of alkyl halides is 1. The lowest BCUT2D eigenvalue weighted by Crippen LogP contribution is -2.41. The van der Waals surface area contributed by atoms with Crippen molar-refractivity contribution >= 4 is 33.4 Å². The van der Waals surface area contributed by atoms with E-state index in [0.717, 1.165) is 21.7 Å². The zero-order chi connectivity index (χ0) is 15.6. The second-order valence-corrected chi connectivity index (χ2v) is 10.2. The molecule has 120 valence electrons. The van der Waals surface area contributed by atoms with Crippen molar-refractivity contribution in [3.63, 3.8) is 0 Å². The van der Waals surface area contributed by atoms with Crippen molar-refractivity contribution in [2.24, 2.45) is 17.8 Å². The second kappa shape index (κ2) is 5.21. The van der Waals surface area contributed by atoms with Gasteiger partial charge in [0.25, 0.3) is 0 Å². The van der Waals surface area contributed by atoms with Crippen LogP contribution in [0.3, 0.4) is 0 Å². The van der Waals surface area contributed by atoms with E-state index in [1.54, 1.807) is 10.9 Å². The molecule has 0 saturated heterocycles. The van der Waals surface area contributed by atoms with Crippen molar-refractivity contribution < 1.29 is 0 Å². The first-order valence-corrected chi connectivity index (χ1v) is 10.5. The number of hydrogen-bond acceptors (Lipinski definition) is 0. The predicted molar refractivity (Wildman–Crippen MR) is 106 cm³/mol. The molecular formula is C22H25I. The summed E-state index contributed by atoms with van der Waals surface area (Å²) in [6, 6.07) is 14.0. The lowest BCUT2D eigenvalue weighted by Gasteiger charge is -2.49. The lowest BCUT2D eigenvalue weighted by atomic mass is 9.55. The molecule has 4 bridgehead atoms. The first-order valence-electron chi connectivity index (χ1n) is 9.27. The van der Waals surface area contributed by atoms with Gasteiger partial charge >= 0.3 is 0 Å².